The van der Waals surface area contributed by atoms with E-state index in [1.54, 1.807) is 29.2 Å². The van der Waals surface area contributed by atoms with Crippen LogP contribution in [0.3, 0.4) is 0 Å². The number of carbonyl (C=O) groups is 1. The second-order valence-corrected chi connectivity index (χ2v) is 6.99. The summed E-state index contributed by atoms with van der Waals surface area (Å²) in [5.41, 5.74) is 1.20. The molecule has 0 N–H and O–H groups in total. The lowest BCUT2D eigenvalue weighted by molar-refractivity contribution is -0.0494. The predicted molar refractivity (Wildman–Crippen MR) is 106 cm³/mol. The minimum atomic E-state index is -2.68. The molecule has 6 nitrogen and oxygen atoms in total. The number of likely N-dealkylation sites (tertiary alicyclic amines) is 1. The molecule has 0 unspecified atom stereocenters. The van der Waals surface area contributed by atoms with E-state index < -0.39 is 5.92 Å². The number of hydrogen-bond acceptors (Lipinski definition) is 4. The molecular weight excluding hydrogens is 432 g/mol. The summed E-state index contributed by atoms with van der Waals surface area (Å²) < 4.78 is 28.8. The van der Waals surface area contributed by atoms with Gasteiger partial charge in [0, 0.05) is 43.7 Å². The molecule has 0 spiro atoms. The van der Waals surface area contributed by atoms with Crippen LogP contribution < -0.4 is 0 Å². The van der Waals surface area contributed by atoms with Gasteiger partial charge in [-0.25, -0.2) is 23.4 Å². The lowest BCUT2D eigenvalue weighted by Gasteiger charge is -2.31. The number of nitrogens with zero attached hydrogens (tertiary/aromatic N) is 5. The van der Waals surface area contributed by atoms with Gasteiger partial charge in [0.2, 0.25) is 0 Å². The second-order valence-electron chi connectivity index (χ2n) is 6.18. The van der Waals surface area contributed by atoms with Crippen LogP contribution in [0, 0.1) is 0 Å². The lowest BCUT2D eigenvalue weighted by atomic mass is 10.1. The maximum atomic E-state index is 13.2. The maximum absolute atomic E-state index is 13.2. The quantitative estimate of drug-likeness (QED) is 0.538. The number of hydrogen-bond donors (Lipinski definition) is 0. The summed E-state index contributed by atoms with van der Waals surface area (Å²) >= 11 is 3.33. The summed E-state index contributed by atoms with van der Waals surface area (Å²) in [6.07, 6.45) is 4.24. The Balaban J connectivity index is 0.00000109. The van der Waals surface area contributed by atoms with E-state index in [1.165, 1.54) is 11.1 Å². The van der Waals surface area contributed by atoms with Crippen LogP contribution >= 0.6 is 15.9 Å². The monoisotopic (exact) mass is 451 g/mol. The first-order chi connectivity index (χ1) is 13.4. The molecular formula is C19H20BrF2N5O. The molecule has 0 atom stereocenters. The minimum absolute atomic E-state index is 0.0540. The van der Waals surface area contributed by atoms with Crippen LogP contribution in [0.4, 0.5) is 8.78 Å². The van der Waals surface area contributed by atoms with Gasteiger partial charge in [-0.15, -0.1) is 0 Å². The van der Waals surface area contributed by atoms with Gasteiger partial charge in [0.25, 0.3) is 11.8 Å². The number of halogens is 3. The Labute approximate surface area is 169 Å². The fraction of sp³-hybridized carbons (Fsp3) is 0.368. The SMILES string of the molecule is CC.O=C(c1ccc(-n2ncc3cnc(Br)cc32)nc1)N1CCC(F)(F)CC1. The Morgan fingerprint density at radius 2 is 1.82 bits per heavy atom. The Kier molecular flexibility index (Phi) is 6.02. The summed E-state index contributed by atoms with van der Waals surface area (Å²) in [6, 6.07) is 5.16. The van der Waals surface area contributed by atoms with E-state index in [9.17, 15) is 13.6 Å². The number of carbonyl (C=O) groups excluding carboxylic acids is 1. The molecule has 3 aromatic heterocycles. The van der Waals surface area contributed by atoms with Crippen LogP contribution in [0.1, 0.15) is 37.0 Å². The van der Waals surface area contributed by atoms with E-state index in [0.717, 1.165) is 10.9 Å². The summed E-state index contributed by atoms with van der Waals surface area (Å²) in [4.78, 5) is 22.4. The third-order valence-electron chi connectivity index (χ3n) is 4.41. The number of aromatic nitrogens is 4. The molecule has 1 fully saturated rings. The topological polar surface area (TPSA) is 63.9 Å². The Morgan fingerprint density at radius 3 is 2.46 bits per heavy atom. The van der Waals surface area contributed by atoms with Gasteiger partial charge in [0.1, 0.15) is 4.60 Å². The van der Waals surface area contributed by atoms with Crippen molar-refractivity contribution in [2.45, 2.75) is 32.6 Å². The average Bonchev–Trinajstić information content (AvgIpc) is 3.12. The van der Waals surface area contributed by atoms with Gasteiger partial charge in [0.15, 0.2) is 5.82 Å². The Bertz CT molecular complexity index is 964. The molecule has 4 rings (SSSR count). The zero-order valence-corrected chi connectivity index (χ0v) is 17.2. The number of alkyl halides is 2. The summed E-state index contributed by atoms with van der Waals surface area (Å²) in [5, 5.41) is 5.17. The van der Waals surface area contributed by atoms with Crippen molar-refractivity contribution >= 4 is 32.7 Å². The first kappa shape index (κ1) is 20.3. The molecule has 0 bridgehead atoms. The van der Waals surface area contributed by atoms with Crippen molar-refractivity contribution in [3.8, 4) is 5.82 Å². The predicted octanol–water partition coefficient (Wildman–Crippen LogP) is 4.48. The molecule has 3 aromatic rings. The number of fused-ring (bicyclic) bond motifs is 1. The molecule has 0 saturated carbocycles. The molecule has 9 heteroatoms. The maximum Gasteiger partial charge on any atom is 0.255 e. The minimum Gasteiger partial charge on any atom is -0.338 e. The van der Waals surface area contributed by atoms with Crippen LogP contribution in [0.5, 0.6) is 0 Å². The van der Waals surface area contributed by atoms with Crippen molar-refractivity contribution in [1.29, 1.82) is 0 Å². The van der Waals surface area contributed by atoms with Gasteiger partial charge < -0.3 is 4.90 Å². The summed E-state index contributed by atoms with van der Waals surface area (Å²) in [5.74, 6) is -2.40. The van der Waals surface area contributed by atoms with Crippen molar-refractivity contribution < 1.29 is 13.6 Å². The van der Waals surface area contributed by atoms with E-state index in [0.29, 0.717) is 16.0 Å². The van der Waals surface area contributed by atoms with Crippen molar-refractivity contribution in [3.05, 3.63) is 47.0 Å². The first-order valence-corrected chi connectivity index (χ1v) is 9.85. The highest BCUT2D eigenvalue weighted by Crippen LogP contribution is 2.28. The standard InChI is InChI=1S/C17H14BrF2N5O.C2H6/c18-14-7-13-12(9-21-14)10-23-25(13)15-2-1-11(8-22-15)16(26)24-5-3-17(19,20)4-6-24;1-2/h1-2,7-10H,3-6H2;1-2H3. The van der Waals surface area contributed by atoms with Gasteiger partial charge in [-0.05, 0) is 34.1 Å². The largest absolute Gasteiger partial charge is 0.338 e. The molecule has 0 aliphatic carbocycles. The molecule has 148 valence electrons. The second kappa shape index (κ2) is 8.30. The molecule has 1 aliphatic heterocycles. The van der Waals surface area contributed by atoms with Crippen molar-refractivity contribution in [3.63, 3.8) is 0 Å². The molecule has 1 aliphatic rings. The molecule has 28 heavy (non-hydrogen) atoms. The van der Waals surface area contributed by atoms with E-state index in [2.05, 4.69) is 31.0 Å². The molecule has 0 radical (unpaired) electrons. The van der Waals surface area contributed by atoms with Crippen LogP contribution in [-0.2, 0) is 0 Å². The third kappa shape index (κ3) is 4.19. The third-order valence-corrected chi connectivity index (χ3v) is 4.85. The smallest absolute Gasteiger partial charge is 0.255 e. The van der Waals surface area contributed by atoms with Gasteiger partial charge in [0.05, 0.1) is 17.3 Å². The number of piperidine rings is 1. The van der Waals surface area contributed by atoms with Crippen LogP contribution in [0.15, 0.2) is 41.4 Å². The van der Waals surface area contributed by atoms with E-state index in [-0.39, 0.29) is 31.8 Å². The molecule has 4 heterocycles. The average molecular weight is 452 g/mol. The van der Waals surface area contributed by atoms with Crippen molar-refractivity contribution in [2.75, 3.05) is 13.1 Å². The van der Waals surface area contributed by atoms with Gasteiger partial charge in [-0.2, -0.15) is 5.10 Å². The van der Waals surface area contributed by atoms with Crippen LogP contribution in [0.2, 0.25) is 0 Å². The van der Waals surface area contributed by atoms with Crippen LogP contribution in [0.25, 0.3) is 16.7 Å². The zero-order valence-electron chi connectivity index (χ0n) is 15.6. The Hall–Kier alpha value is -2.42. The number of rotatable bonds is 2. The van der Waals surface area contributed by atoms with Crippen molar-refractivity contribution in [2.24, 2.45) is 0 Å². The van der Waals surface area contributed by atoms with Gasteiger partial charge in [-0.1, -0.05) is 13.8 Å². The number of pyridine rings is 2. The fourth-order valence-corrected chi connectivity index (χ4v) is 3.25. The highest BCUT2D eigenvalue weighted by molar-refractivity contribution is 9.10. The van der Waals surface area contributed by atoms with E-state index >= 15 is 0 Å². The Morgan fingerprint density at radius 1 is 1.11 bits per heavy atom. The fourth-order valence-electron chi connectivity index (χ4n) is 2.94. The molecule has 1 saturated heterocycles. The lowest BCUT2D eigenvalue weighted by Crippen LogP contribution is -2.42. The zero-order chi connectivity index (χ0) is 20.3. The first-order valence-electron chi connectivity index (χ1n) is 9.06. The summed E-state index contributed by atoms with van der Waals surface area (Å²) in [7, 11) is 0. The van der Waals surface area contributed by atoms with Crippen molar-refractivity contribution in [1.82, 2.24) is 24.6 Å². The highest BCUT2D eigenvalue weighted by Gasteiger charge is 2.35. The molecule has 1 amide bonds. The van der Waals surface area contributed by atoms with E-state index in [1.807, 2.05) is 19.9 Å². The number of amides is 1. The van der Waals surface area contributed by atoms with Gasteiger partial charge in [-0.3, -0.25) is 4.79 Å². The summed E-state index contributed by atoms with van der Waals surface area (Å²) in [6.45, 7) is 4.11. The van der Waals surface area contributed by atoms with Gasteiger partial charge >= 0.3 is 0 Å². The normalized spacial score (nSPS) is 15.8. The highest BCUT2D eigenvalue weighted by atomic mass is 79.9. The van der Waals surface area contributed by atoms with E-state index in [4.69, 9.17) is 0 Å². The molecule has 0 aromatic carbocycles. The van der Waals surface area contributed by atoms with Crippen LogP contribution in [-0.4, -0.2) is 49.6 Å².